The fraction of sp³-hybridized carbons (Fsp3) is 0.542. The number of carbonyl (C=O) groups is 2. The van der Waals surface area contributed by atoms with Crippen LogP contribution in [-0.2, 0) is 24.8 Å². The number of halogens is 1. The number of piperidine rings is 1. The highest BCUT2D eigenvalue weighted by atomic mass is 19.1. The lowest BCUT2D eigenvalue weighted by molar-refractivity contribution is -0.136. The molecule has 0 radical (unpaired) electrons. The average molecular weight is 427 g/mol. The van der Waals surface area contributed by atoms with Crippen molar-refractivity contribution >= 4 is 11.8 Å². The minimum atomic E-state index is -0.291. The van der Waals surface area contributed by atoms with E-state index in [1.165, 1.54) is 25.0 Å². The molecule has 0 unspecified atom stereocenters. The summed E-state index contributed by atoms with van der Waals surface area (Å²) in [7, 11) is 1.82. The standard InChI is InChI=1S/C24H31FN4O2/c1-28-16-21(23(30)26-15-18-6-8-20(25)9-7-18)22(27-28)14-17-10-12-29(13-11-17)24(31)19-4-2-3-5-19/h6-9,16-17,19H,2-5,10-15H2,1H3,(H,26,30). The molecule has 0 bridgehead atoms. The van der Waals surface area contributed by atoms with Crippen molar-refractivity contribution < 1.29 is 14.0 Å². The maximum absolute atomic E-state index is 13.1. The monoisotopic (exact) mass is 426 g/mol. The van der Waals surface area contributed by atoms with Gasteiger partial charge in [-0.3, -0.25) is 14.3 Å². The SMILES string of the molecule is Cn1cc(C(=O)NCc2ccc(F)cc2)c(CC2CCN(C(=O)C3CCCC3)CC2)n1. The van der Waals surface area contributed by atoms with Crippen molar-refractivity contribution in [2.45, 2.75) is 51.5 Å². The van der Waals surface area contributed by atoms with E-state index in [1.807, 2.05) is 11.9 Å². The summed E-state index contributed by atoms with van der Waals surface area (Å²) in [6.07, 6.45) is 8.85. The summed E-state index contributed by atoms with van der Waals surface area (Å²) >= 11 is 0. The van der Waals surface area contributed by atoms with E-state index in [4.69, 9.17) is 0 Å². The van der Waals surface area contributed by atoms with Crippen molar-refractivity contribution in [3.05, 3.63) is 53.1 Å². The number of likely N-dealkylation sites (tertiary alicyclic amines) is 1. The van der Waals surface area contributed by atoms with Gasteiger partial charge in [-0.25, -0.2) is 4.39 Å². The Morgan fingerprint density at radius 3 is 2.45 bits per heavy atom. The summed E-state index contributed by atoms with van der Waals surface area (Å²) in [6, 6.07) is 6.11. The zero-order valence-corrected chi connectivity index (χ0v) is 18.1. The fourth-order valence-electron chi connectivity index (χ4n) is 4.82. The second kappa shape index (κ2) is 9.62. The summed E-state index contributed by atoms with van der Waals surface area (Å²) in [6.45, 7) is 1.95. The van der Waals surface area contributed by atoms with Crippen LogP contribution in [0.5, 0.6) is 0 Å². The molecule has 6 nitrogen and oxygen atoms in total. The van der Waals surface area contributed by atoms with E-state index in [0.29, 0.717) is 23.9 Å². The number of hydrogen-bond acceptors (Lipinski definition) is 3. The van der Waals surface area contributed by atoms with Crippen LogP contribution in [0, 0.1) is 17.7 Å². The van der Waals surface area contributed by atoms with Crippen molar-refractivity contribution in [3.8, 4) is 0 Å². The van der Waals surface area contributed by atoms with Gasteiger partial charge in [0, 0.05) is 38.8 Å². The first-order chi connectivity index (χ1) is 15.0. The highest BCUT2D eigenvalue weighted by molar-refractivity contribution is 5.95. The summed E-state index contributed by atoms with van der Waals surface area (Å²) in [5.41, 5.74) is 2.24. The lowest BCUT2D eigenvalue weighted by Gasteiger charge is -2.33. The largest absolute Gasteiger partial charge is 0.348 e. The maximum atomic E-state index is 13.1. The number of amides is 2. The zero-order chi connectivity index (χ0) is 21.8. The molecular weight excluding hydrogens is 395 g/mol. The lowest BCUT2D eigenvalue weighted by Crippen LogP contribution is -2.41. The third-order valence-electron chi connectivity index (χ3n) is 6.63. The second-order valence-corrected chi connectivity index (χ2v) is 8.93. The molecule has 166 valence electrons. The molecule has 0 atom stereocenters. The van der Waals surface area contributed by atoms with E-state index in [1.54, 1.807) is 23.0 Å². The molecule has 1 aliphatic heterocycles. The molecule has 31 heavy (non-hydrogen) atoms. The summed E-state index contributed by atoms with van der Waals surface area (Å²) < 4.78 is 14.7. The molecule has 2 fully saturated rings. The number of nitrogens with zero attached hydrogens (tertiary/aromatic N) is 3. The van der Waals surface area contributed by atoms with Gasteiger partial charge in [0.25, 0.3) is 5.91 Å². The van der Waals surface area contributed by atoms with Crippen molar-refractivity contribution in [1.29, 1.82) is 0 Å². The molecule has 1 N–H and O–H groups in total. The maximum Gasteiger partial charge on any atom is 0.255 e. The normalized spacial score (nSPS) is 17.8. The summed E-state index contributed by atoms with van der Waals surface area (Å²) in [5.74, 6) is 0.548. The van der Waals surface area contributed by atoms with Gasteiger partial charge in [-0.15, -0.1) is 0 Å². The first-order valence-corrected chi connectivity index (χ1v) is 11.3. The predicted molar refractivity (Wildman–Crippen MR) is 116 cm³/mol. The van der Waals surface area contributed by atoms with E-state index in [-0.39, 0.29) is 17.6 Å². The quantitative estimate of drug-likeness (QED) is 0.769. The van der Waals surface area contributed by atoms with Gasteiger partial charge in [0.2, 0.25) is 5.91 Å². The third kappa shape index (κ3) is 5.32. The Bertz CT molecular complexity index is 910. The van der Waals surface area contributed by atoms with Crippen molar-refractivity contribution in [2.24, 2.45) is 18.9 Å². The molecule has 2 aliphatic rings. The van der Waals surface area contributed by atoms with Crippen LogP contribution in [0.1, 0.15) is 60.1 Å². The van der Waals surface area contributed by atoms with Gasteiger partial charge in [0.1, 0.15) is 5.82 Å². The molecule has 1 saturated carbocycles. The zero-order valence-electron chi connectivity index (χ0n) is 18.1. The van der Waals surface area contributed by atoms with E-state index in [2.05, 4.69) is 10.4 Å². The van der Waals surface area contributed by atoms with Crippen LogP contribution in [0.25, 0.3) is 0 Å². The number of hydrogen-bond donors (Lipinski definition) is 1. The molecule has 1 aromatic carbocycles. The van der Waals surface area contributed by atoms with E-state index in [0.717, 1.165) is 56.5 Å². The van der Waals surface area contributed by atoms with E-state index < -0.39 is 0 Å². The molecule has 1 saturated heterocycles. The fourth-order valence-corrected chi connectivity index (χ4v) is 4.82. The van der Waals surface area contributed by atoms with Gasteiger partial charge < -0.3 is 10.2 Å². The van der Waals surface area contributed by atoms with Crippen LogP contribution < -0.4 is 5.32 Å². The highest BCUT2D eigenvalue weighted by Gasteiger charge is 2.30. The first kappa shape index (κ1) is 21.5. The van der Waals surface area contributed by atoms with Gasteiger partial charge in [-0.2, -0.15) is 5.10 Å². The van der Waals surface area contributed by atoms with E-state index >= 15 is 0 Å². The van der Waals surface area contributed by atoms with Crippen LogP contribution in [0.2, 0.25) is 0 Å². The lowest BCUT2D eigenvalue weighted by atomic mass is 9.90. The number of aryl methyl sites for hydroxylation is 1. The van der Waals surface area contributed by atoms with Gasteiger partial charge in [-0.1, -0.05) is 25.0 Å². The van der Waals surface area contributed by atoms with Gasteiger partial charge in [-0.05, 0) is 55.7 Å². The minimum absolute atomic E-state index is 0.165. The molecule has 2 amide bonds. The average Bonchev–Trinajstić information content (AvgIpc) is 3.43. The third-order valence-corrected chi connectivity index (χ3v) is 6.63. The number of rotatable bonds is 6. The molecule has 1 aromatic heterocycles. The summed E-state index contributed by atoms with van der Waals surface area (Å²) in [5, 5.41) is 7.45. The smallest absolute Gasteiger partial charge is 0.255 e. The Balaban J connectivity index is 1.31. The van der Waals surface area contributed by atoms with Crippen molar-refractivity contribution in [2.75, 3.05) is 13.1 Å². The Hall–Kier alpha value is -2.70. The molecule has 2 heterocycles. The van der Waals surface area contributed by atoms with Crippen LogP contribution in [0.4, 0.5) is 4.39 Å². The van der Waals surface area contributed by atoms with Gasteiger partial charge in [0.05, 0.1) is 11.3 Å². The Labute approximate surface area is 182 Å². The second-order valence-electron chi connectivity index (χ2n) is 8.93. The Kier molecular flexibility index (Phi) is 6.68. The van der Waals surface area contributed by atoms with Crippen LogP contribution in [-0.4, -0.2) is 39.6 Å². The molecule has 7 heteroatoms. The molecule has 1 aliphatic carbocycles. The van der Waals surface area contributed by atoms with Gasteiger partial charge >= 0.3 is 0 Å². The molecule has 0 spiro atoms. The van der Waals surface area contributed by atoms with Crippen molar-refractivity contribution in [3.63, 3.8) is 0 Å². The first-order valence-electron chi connectivity index (χ1n) is 11.3. The summed E-state index contributed by atoms with van der Waals surface area (Å²) in [4.78, 5) is 27.5. The number of carbonyl (C=O) groups excluding carboxylic acids is 2. The predicted octanol–water partition coefficient (Wildman–Crippen LogP) is 3.46. The van der Waals surface area contributed by atoms with Crippen molar-refractivity contribution in [1.82, 2.24) is 20.0 Å². The number of aromatic nitrogens is 2. The Morgan fingerprint density at radius 1 is 1.10 bits per heavy atom. The van der Waals surface area contributed by atoms with Crippen LogP contribution >= 0.6 is 0 Å². The van der Waals surface area contributed by atoms with Gasteiger partial charge in [0.15, 0.2) is 0 Å². The molecule has 4 rings (SSSR count). The topological polar surface area (TPSA) is 67.2 Å². The minimum Gasteiger partial charge on any atom is -0.348 e. The number of nitrogens with one attached hydrogen (secondary N) is 1. The molecular formula is C24H31FN4O2. The number of benzene rings is 1. The highest BCUT2D eigenvalue weighted by Crippen LogP contribution is 2.29. The van der Waals surface area contributed by atoms with Crippen LogP contribution in [0.3, 0.4) is 0 Å². The van der Waals surface area contributed by atoms with E-state index in [9.17, 15) is 14.0 Å². The Morgan fingerprint density at radius 2 is 1.77 bits per heavy atom. The van der Waals surface area contributed by atoms with Crippen LogP contribution in [0.15, 0.2) is 30.5 Å². The molecule has 2 aromatic rings.